The lowest BCUT2D eigenvalue weighted by Crippen LogP contribution is -2.52. The minimum Gasteiger partial charge on any atom is -0.391 e. The number of benzene rings is 2. The van der Waals surface area contributed by atoms with Crippen LogP contribution >= 0.6 is 11.6 Å². The lowest BCUT2D eigenvalue weighted by molar-refractivity contribution is -0.124. The number of carbonyl (C=O) groups excluding carboxylic acids is 2. The van der Waals surface area contributed by atoms with Crippen LogP contribution in [0.15, 0.2) is 43.0 Å². The maximum absolute atomic E-state index is 12.5. The number of hydrogen-bond donors (Lipinski definition) is 4. The molecule has 0 spiro atoms. The van der Waals surface area contributed by atoms with Gasteiger partial charge >= 0.3 is 0 Å². The molecule has 9 heteroatoms. The summed E-state index contributed by atoms with van der Waals surface area (Å²) in [6, 6.07) is 9.68. The van der Waals surface area contributed by atoms with Crippen LogP contribution in [0.1, 0.15) is 28.4 Å². The molecule has 30 heavy (non-hydrogen) atoms. The van der Waals surface area contributed by atoms with Crippen LogP contribution in [0.3, 0.4) is 0 Å². The van der Waals surface area contributed by atoms with Gasteiger partial charge in [0.05, 0.1) is 29.3 Å². The predicted octanol–water partition coefficient (Wildman–Crippen LogP) is 3.03. The monoisotopic (exact) mass is 423 g/mol. The summed E-state index contributed by atoms with van der Waals surface area (Å²) in [5.41, 5.74) is 6.17. The summed E-state index contributed by atoms with van der Waals surface area (Å²) in [4.78, 5) is 28.0. The molecule has 152 valence electrons. The topological polar surface area (TPSA) is 119 Å². The predicted molar refractivity (Wildman–Crippen MR) is 114 cm³/mol. The van der Waals surface area contributed by atoms with Crippen LogP contribution in [-0.2, 0) is 4.79 Å². The number of rotatable bonds is 6. The number of carbonyl (C=O) groups is 2. The number of nitrogens with one attached hydrogen (secondary N) is 3. The number of hydrazine groups is 1. The van der Waals surface area contributed by atoms with Crippen LogP contribution < -0.4 is 16.2 Å². The first-order valence-electron chi connectivity index (χ1n) is 8.69. The lowest BCUT2D eigenvalue weighted by Gasteiger charge is -2.23. The minimum absolute atomic E-state index is 0.170. The van der Waals surface area contributed by atoms with E-state index in [1.54, 1.807) is 6.07 Å². The van der Waals surface area contributed by atoms with Gasteiger partial charge in [0.1, 0.15) is 6.04 Å². The number of nitriles is 1. The number of halogens is 1. The summed E-state index contributed by atoms with van der Waals surface area (Å²) in [6.07, 6.45) is 0.303. The fourth-order valence-corrected chi connectivity index (χ4v) is 2.81. The van der Waals surface area contributed by atoms with Gasteiger partial charge in [0.15, 0.2) is 0 Å². The van der Waals surface area contributed by atoms with E-state index in [1.807, 2.05) is 6.07 Å². The van der Waals surface area contributed by atoms with Gasteiger partial charge in [0.2, 0.25) is 5.69 Å². The second-order valence-electron chi connectivity index (χ2n) is 6.17. The molecule has 0 aliphatic rings. The van der Waals surface area contributed by atoms with Gasteiger partial charge in [-0.25, -0.2) is 4.85 Å². The zero-order valence-corrected chi connectivity index (χ0v) is 16.7. The van der Waals surface area contributed by atoms with Crippen molar-refractivity contribution < 1.29 is 14.7 Å². The van der Waals surface area contributed by atoms with E-state index in [9.17, 15) is 14.7 Å². The SMILES string of the molecule is [C-]#[N+]c1ccc(N[C@@H](C(=O)NNC(=O)c2ccc(C#N)cc2)[C@H](C)O)c(C=C)c1Cl. The third-order valence-electron chi connectivity index (χ3n) is 4.14. The van der Waals surface area contributed by atoms with E-state index in [-0.39, 0.29) is 16.3 Å². The van der Waals surface area contributed by atoms with E-state index in [4.69, 9.17) is 23.4 Å². The van der Waals surface area contributed by atoms with Crippen LogP contribution in [0.25, 0.3) is 10.9 Å². The van der Waals surface area contributed by atoms with Gasteiger partial charge in [-0.3, -0.25) is 20.4 Å². The van der Waals surface area contributed by atoms with E-state index in [0.717, 1.165) is 0 Å². The van der Waals surface area contributed by atoms with Crippen molar-refractivity contribution in [2.45, 2.75) is 19.1 Å². The van der Waals surface area contributed by atoms with E-state index < -0.39 is 24.0 Å². The van der Waals surface area contributed by atoms with Crippen molar-refractivity contribution >= 4 is 40.9 Å². The Labute approximate surface area is 178 Å². The largest absolute Gasteiger partial charge is 0.391 e. The highest BCUT2D eigenvalue weighted by molar-refractivity contribution is 6.35. The highest BCUT2D eigenvalue weighted by Gasteiger charge is 2.25. The van der Waals surface area contributed by atoms with Crippen LogP contribution in [0, 0.1) is 17.9 Å². The Bertz CT molecular complexity index is 1050. The third-order valence-corrected chi connectivity index (χ3v) is 4.53. The van der Waals surface area contributed by atoms with Crippen molar-refractivity contribution in [1.29, 1.82) is 5.26 Å². The zero-order chi connectivity index (χ0) is 22.3. The molecule has 0 saturated carbocycles. The molecule has 0 saturated heterocycles. The quantitative estimate of drug-likeness (QED) is 0.420. The van der Waals surface area contributed by atoms with Crippen molar-refractivity contribution in [2.75, 3.05) is 5.32 Å². The normalized spacial score (nSPS) is 11.9. The Morgan fingerprint density at radius 1 is 1.27 bits per heavy atom. The molecule has 0 aromatic heterocycles. The number of amides is 2. The van der Waals surface area contributed by atoms with Crippen molar-refractivity contribution in [2.24, 2.45) is 0 Å². The number of aliphatic hydroxyl groups excluding tert-OH is 1. The molecule has 2 amide bonds. The molecular weight excluding hydrogens is 406 g/mol. The number of hydrogen-bond acceptors (Lipinski definition) is 5. The molecule has 2 rings (SSSR count). The van der Waals surface area contributed by atoms with Crippen molar-refractivity contribution in [1.82, 2.24) is 10.9 Å². The first-order chi connectivity index (χ1) is 14.3. The molecule has 0 aliphatic heterocycles. The molecule has 0 unspecified atom stereocenters. The number of anilines is 1. The van der Waals surface area contributed by atoms with Gasteiger partial charge in [0, 0.05) is 16.8 Å². The Balaban J connectivity index is 2.13. The summed E-state index contributed by atoms with van der Waals surface area (Å²) in [5, 5.41) is 21.9. The first-order valence-corrected chi connectivity index (χ1v) is 9.07. The molecule has 0 bridgehead atoms. The standard InChI is InChI=1S/C21H18ClN5O3/c1-4-15-16(9-10-17(24-3)18(15)22)25-19(12(2)28)21(30)27-26-20(29)14-7-5-13(11-23)6-8-14/h4-10,12,19,25,28H,1H2,2H3,(H,26,29)(H,27,30)/t12-,19+/m0/s1. The summed E-state index contributed by atoms with van der Waals surface area (Å²) in [6.45, 7) is 12.2. The van der Waals surface area contributed by atoms with Crippen LogP contribution in [0.5, 0.6) is 0 Å². The van der Waals surface area contributed by atoms with Crippen LogP contribution in [0.4, 0.5) is 11.4 Å². The van der Waals surface area contributed by atoms with Gasteiger partial charge in [0.25, 0.3) is 11.8 Å². The fraction of sp³-hybridized carbons (Fsp3) is 0.143. The molecule has 0 heterocycles. The molecule has 4 N–H and O–H groups in total. The second-order valence-corrected chi connectivity index (χ2v) is 6.55. The molecular formula is C21H18ClN5O3. The van der Waals surface area contributed by atoms with Gasteiger partial charge in [-0.2, -0.15) is 5.26 Å². The maximum Gasteiger partial charge on any atom is 0.269 e. The fourth-order valence-electron chi connectivity index (χ4n) is 2.53. The molecule has 8 nitrogen and oxygen atoms in total. The van der Waals surface area contributed by atoms with Gasteiger partial charge < -0.3 is 10.4 Å². The molecule has 0 fully saturated rings. The summed E-state index contributed by atoms with van der Waals surface area (Å²) in [5.74, 6) is -1.29. The maximum atomic E-state index is 12.5. The zero-order valence-electron chi connectivity index (χ0n) is 15.9. The van der Waals surface area contributed by atoms with Crippen LogP contribution in [0.2, 0.25) is 5.02 Å². The molecule has 2 atom stereocenters. The molecule has 2 aromatic carbocycles. The average molecular weight is 424 g/mol. The summed E-state index contributed by atoms with van der Waals surface area (Å²) in [7, 11) is 0. The first kappa shape index (κ1) is 22.4. The lowest BCUT2D eigenvalue weighted by atomic mass is 10.1. The second kappa shape index (κ2) is 10.1. The summed E-state index contributed by atoms with van der Waals surface area (Å²) >= 11 is 6.18. The third kappa shape index (κ3) is 5.15. The summed E-state index contributed by atoms with van der Waals surface area (Å²) < 4.78 is 0. The van der Waals surface area contributed by atoms with E-state index >= 15 is 0 Å². The number of aliphatic hydroxyl groups is 1. The highest BCUT2D eigenvalue weighted by Crippen LogP contribution is 2.35. The van der Waals surface area contributed by atoms with Gasteiger partial charge in [-0.05, 0) is 37.3 Å². The van der Waals surface area contributed by atoms with Crippen molar-refractivity contribution in [3.63, 3.8) is 0 Å². The van der Waals surface area contributed by atoms with E-state index in [0.29, 0.717) is 16.8 Å². The van der Waals surface area contributed by atoms with E-state index in [1.165, 1.54) is 43.3 Å². The molecule has 2 aromatic rings. The van der Waals surface area contributed by atoms with E-state index in [2.05, 4.69) is 27.6 Å². The number of nitrogens with zero attached hydrogens (tertiary/aromatic N) is 2. The Hall–Kier alpha value is -3.85. The Kier molecular flexibility index (Phi) is 7.54. The van der Waals surface area contributed by atoms with Gasteiger partial charge in [-0.1, -0.05) is 30.3 Å². The Morgan fingerprint density at radius 3 is 2.47 bits per heavy atom. The van der Waals surface area contributed by atoms with Crippen LogP contribution in [-0.4, -0.2) is 29.1 Å². The van der Waals surface area contributed by atoms with Crippen molar-refractivity contribution in [3.05, 3.63) is 76.1 Å². The highest BCUT2D eigenvalue weighted by atomic mass is 35.5. The molecule has 0 radical (unpaired) electrons. The smallest absolute Gasteiger partial charge is 0.269 e. The van der Waals surface area contributed by atoms with Gasteiger partial charge in [-0.15, -0.1) is 0 Å². The minimum atomic E-state index is -1.14. The average Bonchev–Trinajstić information content (AvgIpc) is 2.75. The molecule has 0 aliphatic carbocycles. The van der Waals surface area contributed by atoms with Crippen molar-refractivity contribution in [3.8, 4) is 6.07 Å². The Morgan fingerprint density at radius 2 is 1.93 bits per heavy atom.